The van der Waals surface area contributed by atoms with Crippen LogP contribution < -0.4 is 25.3 Å². The van der Waals surface area contributed by atoms with Crippen LogP contribution in [0.15, 0.2) is 33.7 Å². The van der Waals surface area contributed by atoms with Crippen LogP contribution in [0.1, 0.15) is 21.9 Å². The number of nitrogens with two attached hydrogens (primary N) is 1. The van der Waals surface area contributed by atoms with E-state index in [0.717, 1.165) is 44.2 Å². The average Bonchev–Trinajstić information content (AvgIpc) is 3.29. The minimum Gasteiger partial charge on any atom is -0.493 e. The summed E-state index contributed by atoms with van der Waals surface area (Å²) in [5.74, 6) is 2.89. The molecule has 3 N–H and O–H groups in total. The Morgan fingerprint density at radius 3 is 2.25 bits per heavy atom. The molecule has 0 spiro atoms. The van der Waals surface area contributed by atoms with Gasteiger partial charge in [0, 0.05) is 39.8 Å². The summed E-state index contributed by atoms with van der Waals surface area (Å²) in [4.78, 5) is 20.1. The predicted molar refractivity (Wildman–Crippen MR) is 120 cm³/mol. The van der Waals surface area contributed by atoms with Gasteiger partial charge in [-0.05, 0) is 29.8 Å². The molecule has 32 heavy (non-hydrogen) atoms. The first-order valence-corrected chi connectivity index (χ1v) is 10.3. The number of hydrogen-bond acceptors (Lipinski definition) is 7. The number of nitrogens with one attached hydrogen (secondary N) is 1. The average molecular weight is 446 g/mol. The molecule has 2 aromatic rings. The molecule has 1 amide bonds. The van der Waals surface area contributed by atoms with Crippen LogP contribution in [-0.2, 0) is 13.1 Å². The zero-order valence-electron chi connectivity index (χ0n) is 19.0. The molecule has 0 radical (unpaired) electrons. The number of amides is 1. The van der Waals surface area contributed by atoms with E-state index >= 15 is 0 Å². The Morgan fingerprint density at radius 1 is 1.09 bits per heavy atom. The number of piperazine rings is 1. The molecule has 0 aliphatic carbocycles. The van der Waals surface area contributed by atoms with Gasteiger partial charge in [-0.3, -0.25) is 14.7 Å². The van der Waals surface area contributed by atoms with E-state index in [1.807, 2.05) is 12.1 Å². The van der Waals surface area contributed by atoms with E-state index in [-0.39, 0.29) is 5.76 Å². The smallest absolute Gasteiger partial charge is 0.284 e. The molecule has 1 aliphatic heterocycles. The molecule has 0 saturated carbocycles. The lowest BCUT2D eigenvalue weighted by atomic mass is 10.1. The van der Waals surface area contributed by atoms with E-state index in [1.165, 1.54) is 0 Å². The van der Waals surface area contributed by atoms with E-state index < -0.39 is 5.91 Å². The van der Waals surface area contributed by atoms with Crippen molar-refractivity contribution in [3.8, 4) is 17.2 Å². The normalized spacial score (nSPS) is 14.9. The molecule has 1 fully saturated rings. The highest BCUT2D eigenvalue weighted by atomic mass is 16.5. The molecule has 1 saturated heterocycles. The van der Waals surface area contributed by atoms with Gasteiger partial charge in [0.05, 0.1) is 27.9 Å². The molecular weight excluding hydrogens is 414 g/mol. The molecule has 0 unspecified atom stereocenters. The van der Waals surface area contributed by atoms with Crippen LogP contribution in [0.3, 0.4) is 0 Å². The number of rotatable bonds is 8. The van der Waals surface area contributed by atoms with Gasteiger partial charge in [0.25, 0.3) is 5.91 Å². The number of aliphatic imine (C=N–C) groups is 1. The van der Waals surface area contributed by atoms with Crippen molar-refractivity contribution in [2.24, 2.45) is 10.7 Å². The third-order valence-electron chi connectivity index (χ3n) is 5.34. The van der Waals surface area contributed by atoms with E-state index in [1.54, 1.807) is 40.5 Å². The Bertz CT molecular complexity index is 925. The molecule has 10 nitrogen and oxygen atoms in total. The summed E-state index contributed by atoms with van der Waals surface area (Å²) in [6, 6.07) is 7.27. The van der Waals surface area contributed by atoms with Crippen LogP contribution in [0.4, 0.5) is 0 Å². The van der Waals surface area contributed by atoms with Gasteiger partial charge in [0.15, 0.2) is 23.2 Å². The van der Waals surface area contributed by atoms with Crippen molar-refractivity contribution in [1.29, 1.82) is 0 Å². The quantitative estimate of drug-likeness (QED) is 0.462. The second kappa shape index (κ2) is 10.8. The molecule has 1 aromatic heterocycles. The van der Waals surface area contributed by atoms with Crippen molar-refractivity contribution in [2.45, 2.75) is 13.1 Å². The zero-order chi connectivity index (χ0) is 23.1. The number of carbonyl (C=O) groups excluding carboxylic acids is 1. The van der Waals surface area contributed by atoms with Gasteiger partial charge in [0.1, 0.15) is 5.76 Å². The summed E-state index contributed by atoms with van der Waals surface area (Å²) in [6.45, 7) is 4.61. The van der Waals surface area contributed by atoms with Crippen LogP contribution in [0.25, 0.3) is 0 Å². The van der Waals surface area contributed by atoms with E-state index in [4.69, 9.17) is 24.4 Å². The third-order valence-corrected chi connectivity index (χ3v) is 5.34. The van der Waals surface area contributed by atoms with Crippen LogP contribution in [-0.4, -0.2) is 76.2 Å². The van der Waals surface area contributed by atoms with Crippen LogP contribution in [0.5, 0.6) is 17.2 Å². The first-order chi connectivity index (χ1) is 15.5. The maximum Gasteiger partial charge on any atom is 0.284 e. The number of ether oxygens (including phenoxy) is 3. The number of primary amides is 1. The van der Waals surface area contributed by atoms with Gasteiger partial charge >= 0.3 is 0 Å². The third kappa shape index (κ3) is 5.44. The SMILES string of the molecule is CN=C(NCc1ccc(C(N)=O)o1)N1CCN(Cc2cc(OC)c(OC)c(OC)c2)CC1. The molecule has 1 aliphatic rings. The number of nitrogens with zero attached hydrogens (tertiary/aromatic N) is 3. The van der Waals surface area contributed by atoms with Crippen molar-refractivity contribution in [1.82, 2.24) is 15.1 Å². The molecule has 1 aromatic carbocycles. The van der Waals surface area contributed by atoms with Crippen molar-refractivity contribution < 1.29 is 23.4 Å². The lowest BCUT2D eigenvalue weighted by Gasteiger charge is -2.36. The van der Waals surface area contributed by atoms with Crippen molar-refractivity contribution >= 4 is 11.9 Å². The highest BCUT2D eigenvalue weighted by molar-refractivity contribution is 5.89. The molecule has 10 heteroatoms. The maximum atomic E-state index is 11.2. The zero-order valence-corrected chi connectivity index (χ0v) is 19.0. The summed E-state index contributed by atoms with van der Waals surface area (Å²) in [5, 5.41) is 3.28. The topological polar surface area (TPSA) is 115 Å². The summed E-state index contributed by atoms with van der Waals surface area (Å²) >= 11 is 0. The highest BCUT2D eigenvalue weighted by Crippen LogP contribution is 2.38. The fourth-order valence-electron chi connectivity index (χ4n) is 3.71. The molecule has 0 atom stereocenters. The standard InChI is InChI=1S/C22H31N5O5/c1-24-22(25-13-16-5-6-17(32-16)21(23)28)27-9-7-26(8-10-27)14-15-11-18(29-2)20(31-4)19(12-15)30-3/h5-6,11-12H,7-10,13-14H2,1-4H3,(H2,23,28)(H,24,25). The van der Waals surface area contributed by atoms with Crippen molar-refractivity contribution in [2.75, 3.05) is 54.6 Å². The molecule has 2 heterocycles. The first kappa shape index (κ1) is 23.3. The Balaban J connectivity index is 1.55. The Hall–Kier alpha value is -3.40. The van der Waals surface area contributed by atoms with E-state index in [2.05, 4.69) is 20.1 Å². The lowest BCUT2D eigenvalue weighted by molar-refractivity contribution is 0.0972. The second-order valence-electron chi connectivity index (χ2n) is 7.33. The maximum absolute atomic E-state index is 11.2. The summed E-state index contributed by atoms with van der Waals surface area (Å²) in [7, 11) is 6.59. The molecular formula is C22H31N5O5. The fraction of sp³-hybridized carbons (Fsp3) is 0.455. The second-order valence-corrected chi connectivity index (χ2v) is 7.33. The number of guanidine groups is 1. The van der Waals surface area contributed by atoms with E-state index in [9.17, 15) is 4.79 Å². The summed E-state index contributed by atoms with van der Waals surface area (Å²) < 4.78 is 21.7. The van der Waals surface area contributed by atoms with E-state index in [0.29, 0.717) is 29.6 Å². The molecule has 0 bridgehead atoms. The number of methoxy groups -OCH3 is 3. The number of benzene rings is 1. The minimum absolute atomic E-state index is 0.150. The minimum atomic E-state index is -0.580. The monoisotopic (exact) mass is 445 g/mol. The van der Waals surface area contributed by atoms with Gasteiger partial charge in [-0.2, -0.15) is 0 Å². The fourth-order valence-corrected chi connectivity index (χ4v) is 3.71. The first-order valence-electron chi connectivity index (χ1n) is 10.3. The molecule has 3 rings (SSSR count). The van der Waals surface area contributed by atoms with Crippen molar-refractivity contribution in [3.05, 3.63) is 41.3 Å². The summed E-state index contributed by atoms with van der Waals surface area (Å²) in [5.41, 5.74) is 6.33. The van der Waals surface area contributed by atoms with Gasteiger partial charge < -0.3 is 34.6 Å². The van der Waals surface area contributed by atoms with Gasteiger partial charge in [-0.15, -0.1) is 0 Å². The lowest BCUT2D eigenvalue weighted by Crippen LogP contribution is -2.52. The molecule has 174 valence electrons. The predicted octanol–water partition coefficient (Wildman–Crippen LogP) is 1.30. The Kier molecular flexibility index (Phi) is 7.82. The summed E-state index contributed by atoms with van der Waals surface area (Å²) in [6.07, 6.45) is 0. The number of furan rings is 1. The van der Waals surface area contributed by atoms with Crippen LogP contribution >= 0.6 is 0 Å². The number of hydrogen-bond donors (Lipinski definition) is 2. The van der Waals surface area contributed by atoms with Crippen LogP contribution in [0.2, 0.25) is 0 Å². The van der Waals surface area contributed by atoms with Gasteiger partial charge in [-0.25, -0.2) is 0 Å². The largest absolute Gasteiger partial charge is 0.493 e. The Labute approximate surface area is 187 Å². The van der Waals surface area contributed by atoms with Crippen molar-refractivity contribution in [3.63, 3.8) is 0 Å². The van der Waals surface area contributed by atoms with Gasteiger partial charge in [-0.1, -0.05) is 0 Å². The Morgan fingerprint density at radius 2 is 1.75 bits per heavy atom. The van der Waals surface area contributed by atoms with Gasteiger partial charge in [0.2, 0.25) is 5.75 Å². The number of carbonyl (C=O) groups is 1. The highest BCUT2D eigenvalue weighted by Gasteiger charge is 2.21. The van der Waals surface area contributed by atoms with Crippen LogP contribution in [0, 0.1) is 0 Å².